The molecule has 2 aliphatic heterocycles. The van der Waals surface area contributed by atoms with Gasteiger partial charge in [-0.25, -0.2) is 13.1 Å². The van der Waals surface area contributed by atoms with Crippen LogP contribution in [0, 0.1) is 17.8 Å². The molecule has 0 radical (unpaired) electrons. The van der Waals surface area contributed by atoms with Crippen LogP contribution in [0.2, 0.25) is 5.02 Å². The Morgan fingerprint density at radius 2 is 1.98 bits per heavy atom. The van der Waals surface area contributed by atoms with Gasteiger partial charge in [0.05, 0.1) is 30.8 Å². The molecule has 0 aromatic heterocycles. The molecule has 1 N–H and O–H groups in total. The number of hydrogen-bond acceptors (Lipinski definition) is 8. The number of ether oxygens (including phenoxy) is 3. The molecule has 254 valence electrons. The van der Waals surface area contributed by atoms with E-state index in [0.29, 0.717) is 43.5 Å². The van der Waals surface area contributed by atoms with Crippen molar-refractivity contribution in [3.05, 3.63) is 70.3 Å². The van der Waals surface area contributed by atoms with Crippen LogP contribution in [0.15, 0.2) is 48.6 Å². The lowest BCUT2D eigenvalue weighted by atomic mass is 9.64. The van der Waals surface area contributed by atoms with E-state index in [4.69, 9.17) is 25.8 Å². The van der Waals surface area contributed by atoms with Gasteiger partial charge in [-0.3, -0.25) is 9.59 Å². The molecule has 6 rings (SSSR count). The van der Waals surface area contributed by atoms with E-state index in [2.05, 4.69) is 21.8 Å². The zero-order chi connectivity index (χ0) is 33.4. The highest BCUT2D eigenvalue weighted by molar-refractivity contribution is 7.90. The summed E-state index contributed by atoms with van der Waals surface area (Å²) >= 11 is 6.43. The van der Waals surface area contributed by atoms with Crippen LogP contribution in [0.1, 0.15) is 67.4 Å². The van der Waals surface area contributed by atoms with Gasteiger partial charge in [-0.15, -0.1) is 0 Å². The highest BCUT2D eigenvalue weighted by Gasteiger charge is 2.49. The van der Waals surface area contributed by atoms with E-state index in [1.165, 1.54) is 11.1 Å². The van der Waals surface area contributed by atoms with Gasteiger partial charge in [0, 0.05) is 42.1 Å². The van der Waals surface area contributed by atoms with Crippen molar-refractivity contribution >= 4 is 39.5 Å². The van der Waals surface area contributed by atoms with Crippen LogP contribution < -0.4 is 14.4 Å². The van der Waals surface area contributed by atoms with E-state index < -0.39 is 26.8 Å². The molecule has 2 aromatic rings. The van der Waals surface area contributed by atoms with Crippen molar-refractivity contribution in [3.8, 4) is 5.75 Å². The number of benzene rings is 2. The third-order valence-corrected chi connectivity index (χ3v) is 13.1. The quantitative estimate of drug-likeness (QED) is 0.250. The number of nitrogens with one attached hydrogen (secondary N) is 1. The first-order chi connectivity index (χ1) is 22.5. The van der Waals surface area contributed by atoms with Crippen molar-refractivity contribution in [3.63, 3.8) is 0 Å². The first kappa shape index (κ1) is 34.0. The molecule has 2 heterocycles. The summed E-state index contributed by atoms with van der Waals surface area (Å²) in [6, 6.07) is 11.3. The van der Waals surface area contributed by atoms with Gasteiger partial charge in [-0.05, 0) is 105 Å². The summed E-state index contributed by atoms with van der Waals surface area (Å²) < 4.78 is 47.2. The van der Waals surface area contributed by atoms with Crippen LogP contribution in [0.3, 0.4) is 0 Å². The maximum atomic E-state index is 13.5. The van der Waals surface area contributed by atoms with Crippen molar-refractivity contribution in [2.24, 2.45) is 17.8 Å². The fourth-order valence-electron chi connectivity index (χ4n) is 7.91. The molecule has 0 saturated heterocycles. The van der Waals surface area contributed by atoms with Crippen molar-refractivity contribution in [1.29, 1.82) is 0 Å². The summed E-state index contributed by atoms with van der Waals surface area (Å²) in [6.07, 6.45) is 9.57. The molecule has 0 unspecified atom stereocenters. The van der Waals surface area contributed by atoms with Crippen molar-refractivity contribution in [1.82, 2.24) is 4.72 Å². The lowest BCUT2D eigenvalue weighted by Crippen LogP contribution is -2.54. The van der Waals surface area contributed by atoms with Gasteiger partial charge in [0.15, 0.2) is 6.29 Å². The Hall–Kier alpha value is -2.92. The summed E-state index contributed by atoms with van der Waals surface area (Å²) in [4.78, 5) is 28.8. The van der Waals surface area contributed by atoms with Crippen LogP contribution in [0.5, 0.6) is 5.75 Å². The fourth-order valence-corrected chi connectivity index (χ4v) is 9.39. The minimum atomic E-state index is -4.00. The molecule has 1 saturated carbocycles. The van der Waals surface area contributed by atoms with Gasteiger partial charge in [0.2, 0.25) is 10.0 Å². The highest BCUT2D eigenvalue weighted by atomic mass is 35.5. The SMILES string of the molecule is COCCO[C@@]1(C=O)/C=C/C[C@H](C)[C@@H](C)S(=O)(=O)NC(=O)c2ccc3c(c2)N(C[C@@H]2CC[C@H]21)C[C@@]1(CCCc2cc(Cl)ccc21)CO3. The largest absolute Gasteiger partial charge is 0.490 e. The summed E-state index contributed by atoms with van der Waals surface area (Å²) in [5.74, 6) is -0.334. The number of sulfonamides is 1. The number of carbonyl (C=O) groups excluding carboxylic acids is 2. The van der Waals surface area contributed by atoms with Crippen molar-refractivity contribution < 1.29 is 32.2 Å². The number of fused-ring (bicyclic) bond motifs is 4. The maximum absolute atomic E-state index is 13.5. The third-order valence-electron chi connectivity index (χ3n) is 11.0. The Bertz CT molecular complexity index is 1650. The summed E-state index contributed by atoms with van der Waals surface area (Å²) in [5.41, 5.74) is 1.92. The Labute approximate surface area is 283 Å². The Balaban J connectivity index is 1.45. The number of hydrogen-bond donors (Lipinski definition) is 1. The first-order valence-corrected chi connectivity index (χ1v) is 18.6. The predicted molar refractivity (Wildman–Crippen MR) is 182 cm³/mol. The number of allylic oxidation sites excluding steroid dienone is 1. The van der Waals surface area contributed by atoms with E-state index in [1.54, 1.807) is 32.2 Å². The van der Waals surface area contributed by atoms with Gasteiger partial charge < -0.3 is 19.1 Å². The van der Waals surface area contributed by atoms with Gasteiger partial charge >= 0.3 is 0 Å². The zero-order valence-electron chi connectivity index (χ0n) is 27.4. The molecule has 1 fully saturated rings. The molecule has 6 atom stereocenters. The normalized spacial score (nSPS) is 32.5. The second-order valence-electron chi connectivity index (χ2n) is 13.8. The number of methoxy groups -OCH3 is 1. The van der Waals surface area contributed by atoms with Crippen LogP contribution in [-0.2, 0) is 36.1 Å². The number of aryl methyl sites for hydroxylation is 1. The molecule has 9 nitrogen and oxygen atoms in total. The molecule has 2 bridgehead atoms. The topological polar surface area (TPSA) is 111 Å². The third kappa shape index (κ3) is 6.58. The lowest BCUT2D eigenvalue weighted by molar-refractivity contribution is -0.144. The van der Waals surface area contributed by atoms with Crippen LogP contribution >= 0.6 is 11.6 Å². The van der Waals surface area contributed by atoms with E-state index in [0.717, 1.165) is 44.1 Å². The molecule has 2 aromatic carbocycles. The van der Waals surface area contributed by atoms with E-state index in [-0.39, 0.29) is 35.3 Å². The molecule has 1 amide bonds. The molecule has 11 heteroatoms. The first-order valence-electron chi connectivity index (χ1n) is 16.6. The molecular weight excluding hydrogens is 640 g/mol. The lowest BCUT2D eigenvalue weighted by Gasteiger charge is -2.49. The summed E-state index contributed by atoms with van der Waals surface area (Å²) in [5, 5.41) is -0.150. The molecule has 1 spiro atoms. The van der Waals surface area contributed by atoms with E-state index >= 15 is 0 Å². The smallest absolute Gasteiger partial charge is 0.264 e. The van der Waals surface area contributed by atoms with Gasteiger partial charge in [0.25, 0.3) is 5.91 Å². The van der Waals surface area contributed by atoms with E-state index in [9.17, 15) is 18.0 Å². The minimum Gasteiger partial charge on any atom is -0.490 e. The van der Waals surface area contributed by atoms with Crippen molar-refractivity contribution in [2.45, 2.75) is 68.6 Å². The number of carbonyl (C=O) groups is 2. The van der Waals surface area contributed by atoms with E-state index in [1.807, 2.05) is 25.1 Å². The second kappa shape index (κ2) is 13.5. The molecule has 2 aliphatic carbocycles. The average Bonchev–Trinajstić information content (AvgIpc) is 3.18. The summed E-state index contributed by atoms with van der Waals surface area (Å²) in [6.45, 7) is 5.72. The summed E-state index contributed by atoms with van der Waals surface area (Å²) in [7, 11) is -2.41. The fraction of sp³-hybridized carbons (Fsp3) is 0.556. The molecular formula is C36H45ClN2O7S. The number of rotatable bonds is 5. The molecule has 4 aliphatic rings. The Morgan fingerprint density at radius 1 is 1.15 bits per heavy atom. The van der Waals surface area contributed by atoms with Gasteiger partial charge in [-0.2, -0.15) is 0 Å². The highest BCUT2D eigenvalue weighted by Crippen LogP contribution is 2.48. The van der Waals surface area contributed by atoms with Gasteiger partial charge in [0.1, 0.15) is 11.4 Å². The van der Waals surface area contributed by atoms with Crippen LogP contribution in [0.25, 0.3) is 0 Å². The predicted octanol–water partition coefficient (Wildman–Crippen LogP) is 5.48. The average molecular weight is 685 g/mol. The number of anilines is 1. The van der Waals surface area contributed by atoms with Crippen LogP contribution in [0.4, 0.5) is 5.69 Å². The minimum absolute atomic E-state index is 0.0926. The van der Waals surface area contributed by atoms with Gasteiger partial charge in [-0.1, -0.05) is 30.7 Å². The van der Waals surface area contributed by atoms with Crippen LogP contribution in [-0.4, -0.2) is 71.5 Å². The number of aldehydes is 1. The standard InChI is InChI=1S/C36H45ClN2O7S/c1-24-6-4-15-36(22-40,46-17-16-44-3)31-11-8-28(31)20-39-21-35(14-5-7-26-18-29(37)10-12-30(26)35)23-45-33-13-9-27(19-32(33)39)34(41)38-47(42,43)25(24)2/h4,9-10,12-13,15,18-19,22,24-25,28,31H,5-8,11,14,16-17,20-21,23H2,1-3H3,(H,38,41)/b15-4+/t24-,25+,28-,31+,35-,36+/m0/s1. The number of nitrogens with zero attached hydrogens (tertiary/aromatic N) is 1. The second-order valence-corrected chi connectivity index (χ2v) is 16.3. The van der Waals surface area contributed by atoms with Crippen molar-refractivity contribution in [2.75, 3.05) is 44.9 Å². The monoisotopic (exact) mass is 684 g/mol. The Morgan fingerprint density at radius 3 is 2.72 bits per heavy atom. The number of amides is 1. The maximum Gasteiger partial charge on any atom is 0.264 e. The molecule has 47 heavy (non-hydrogen) atoms. The number of halogens is 1. The zero-order valence-corrected chi connectivity index (χ0v) is 28.9. The Kier molecular flexibility index (Phi) is 9.78.